The van der Waals surface area contributed by atoms with Crippen molar-refractivity contribution in [1.29, 1.82) is 0 Å². The molecule has 2 nitrogen and oxygen atoms in total. The van der Waals surface area contributed by atoms with E-state index in [-0.39, 0.29) is 5.78 Å². The summed E-state index contributed by atoms with van der Waals surface area (Å²) in [7, 11) is 0. The molecule has 0 radical (unpaired) electrons. The summed E-state index contributed by atoms with van der Waals surface area (Å²) in [6.07, 6.45) is 3.16. The van der Waals surface area contributed by atoms with Crippen molar-refractivity contribution in [3.05, 3.63) is 89.1 Å². The zero-order chi connectivity index (χ0) is 16.2. The first-order valence-electron chi connectivity index (χ1n) is 7.37. The maximum absolute atomic E-state index is 12.4. The van der Waals surface area contributed by atoms with Gasteiger partial charge < -0.3 is 5.32 Å². The number of hydrogen-bond acceptors (Lipinski definition) is 2. The predicted octanol–water partition coefficient (Wildman–Crippen LogP) is 5.61. The van der Waals surface area contributed by atoms with Gasteiger partial charge in [0.15, 0.2) is 5.78 Å². The molecule has 0 heterocycles. The second kappa shape index (κ2) is 6.67. The monoisotopic (exact) mass is 321 g/mol. The first kappa shape index (κ1) is 15.3. The summed E-state index contributed by atoms with van der Waals surface area (Å²) in [5, 5.41) is 5.74. The number of carbonyl (C=O) groups excluding carboxylic acids is 1. The standard InChI is InChI=1S/C20H16ClNO/c1-14-6-4-11-18(20(14)21)22-13-12-19(23)17-10-5-8-15-7-2-3-9-16(15)17/h2-13,22H,1H3/b13-12+. The highest BCUT2D eigenvalue weighted by molar-refractivity contribution is 6.34. The smallest absolute Gasteiger partial charge is 0.187 e. The van der Waals surface area contributed by atoms with Gasteiger partial charge in [0.25, 0.3) is 0 Å². The third-order valence-electron chi connectivity index (χ3n) is 3.72. The van der Waals surface area contributed by atoms with E-state index in [1.807, 2.05) is 67.6 Å². The topological polar surface area (TPSA) is 29.1 Å². The van der Waals surface area contributed by atoms with Crippen LogP contribution in [-0.2, 0) is 0 Å². The molecule has 23 heavy (non-hydrogen) atoms. The Morgan fingerprint density at radius 3 is 2.61 bits per heavy atom. The minimum atomic E-state index is -0.0434. The fourth-order valence-electron chi connectivity index (χ4n) is 2.50. The van der Waals surface area contributed by atoms with Gasteiger partial charge in [-0.05, 0) is 29.3 Å². The van der Waals surface area contributed by atoms with Crippen molar-refractivity contribution in [3.8, 4) is 0 Å². The minimum Gasteiger partial charge on any atom is -0.360 e. The van der Waals surface area contributed by atoms with Crippen LogP contribution in [0.25, 0.3) is 10.8 Å². The fraction of sp³-hybridized carbons (Fsp3) is 0.0500. The van der Waals surface area contributed by atoms with Gasteiger partial charge >= 0.3 is 0 Å². The van der Waals surface area contributed by atoms with Crippen molar-refractivity contribution >= 4 is 33.8 Å². The van der Waals surface area contributed by atoms with Crippen LogP contribution in [0.4, 0.5) is 5.69 Å². The van der Waals surface area contributed by atoms with Crippen LogP contribution >= 0.6 is 11.6 Å². The molecule has 0 unspecified atom stereocenters. The van der Waals surface area contributed by atoms with Gasteiger partial charge in [0.1, 0.15) is 0 Å². The van der Waals surface area contributed by atoms with E-state index in [4.69, 9.17) is 11.6 Å². The maximum atomic E-state index is 12.4. The highest BCUT2D eigenvalue weighted by atomic mass is 35.5. The van der Waals surface area contributed by atoms with Gasteiger partial charge in [0.2, 0.25) is 0 Å². The van der Waals surface area contributed by atoms with E-state index < -0.39 is 0 Å². The zero-order valence-corrected chi connectivity index (χ0v) is 13.5. The average molecular weight is 322 g/mol. The van der Waals surface area contributed by atoms with Gasteiger partial charge in [-0.15, -0.1) is 0 Å². The Morgan fingerprint density at radius 1 is 1.00 bits per heavy atom. The van der Waals surface area contributed by atoms with Crippen molar-refractivity contribution in [3.63, 3.8) is 0 Å². The number of nitrogens with one attached hydrogen (secondary N) is 1. The molecule has 0 atom stereocenters. The van der Waals surface area contributed by atoms with E-state index in [1.165, 1.54) is 6.08 Å². The zero-order valence-electron chi connectivity index (χ0n) is 12.7. The lowest BCUT2D eigenvalue weighted by atomic mass is 10.0. The van der Waals surface area contributed by atoms with E-state index in [0.29, 0.717) is 10.6 Å². The number of rotatable bonds is 4. The molecule has 0 aliphatic rings. The van der Waals surface area contributed by atoms with E-state index in [2.05, 4.69) is 5.32 Å². The molecule has 0 saturated heterocycles. The number of carbonyl (C=O) groups is 1. The van der Waals surface area contributed by atoms with E-state index in [0.717, 1.165) is 22.0 Å². The molecule has 0 saturated carbocycles. The number of fused-ring (bicyclic) bond motifs is 1. The molecule has 0 aromatic heterocycles. The number of halogens is 1. The Hall–Kier alpha value is -2.58. The van der Waals surface area contributed by atoms with Gasteiger partial charge in [0, 0.05) is 17.8 Å². The molecule has 3 aromatic rings. The molecular weight excluding hydrogens is 306 g/mol. The fourth-order valence-corrected chi connectivity index (χ4v) is 2.68. The number of allylic oxidation sites excluding steroid dienone is 1. The number of ketones is 1. The first-order valence-corrected chi connectivity index (χ1v) is 7.75. The first-order chi connectivity index (χ1) is 11.2. The Labute approximate surface area is 140 Å². The van der Waals surface area contributed by atoms with Crippen LogP contribution in [0.3, 0.4) is 0 Å². The van der Waals surface area contributed by atoms with Crippen LogP contribution < -0.4 is 5.32 Å². The lowest BCUT2D eigenvalue weighted by Gasteiger charge is -2.06. The van der Waals surface area contributed by atoms with Gasteiger partial charge in [-0.3, -0.25) is 4.79 Å². The summed E-state index contributed by atoms with van der Waals surface area (Å²) in [5.41, 5.74) is 2.47. The van der Waals surface area contributed by atoms with Crippen molar-refractivity contribution < 1.29 is 4.79 Å². The lowest BCUT2D eigenvalue weighted by Crippen LogP contribution is -1.98. The second-order valence-corrected chi connectivity index (χ2v) is 5.68. The average Bonchev–Trinajstić information content (AvgIpc) is 2.58. The molecule has 1 N–H and O–H groups in total. The number of anilines is 1. The van der Waals surface area contributed by atoms with Gasteiger partial charge in [-0.1, -0.05) is 66.2 Å². The molecule has 0 spiro atoms. The number of aryl methyl sites for hydroxylation is 1. The normalized spacial score (nSPS) is 11.0. The Kier molecular flexibility index (Phi) is 4.45. The van der Waals surface area contributed by atoms with E-state index in [1.54, 1.807) is 6.20 Å². The van der Waals surface area contributed by atoms with Crippen LogP contribution in [0.5, 0.6) is 0 Å². The summed E-state index contributed by atoms with van der Waals surface area (Å²) in [6.45, 7) is 1.94. The number of benzene rings is 3. The largest absolute Gasteiger partial charge is 0.360 e. The van der Waals surface area contributed by atoms with E-state index >= 15 is 0 Å². The molecule has 3 aromatic carbocycles. The van der Waals surface area contributed by atoms with Crippen molar-refractivity contribution in [1.82, 2.24) is 0 Å². The number of hydrogen-bond donors (Lipinski definition) is 1. The third-order valence-corrected chi connectivity index (χ3v) is 4.22. The minimum absolute atomic E-state index is 0.0434. The van der Waals surface area contributed by atoms with Crippen molar-refractivity contribution in [2.24, 2.45) is 0 Å². The molecule has 114 valence electrons. The maximum Gasteiger partial charge on any atom is 0.187 e. The van der Waals surface area contributed by atoms with Crippen LogP contribution in [0.1, 0.15) is 15.9 Å². The Morgan fingerprint density at radius 2 is 1.74 bits per heavy atom. The van der Waals surface area contributed by atoms with Gasteiger partial charge in [-0.25, -0.2) is 0 Å². The summed E-state index contributed by atoms with van der Waals surface area (Å²) in [5.74, 6) is -0.0434. The third kappa shape index (κ3) is 3.27. The molecule has 3 rings (SSSR count). The molecular formula is C20H16ClNO. The predicted molar refractivity (Wildman–Crippen MR) is 97.2 cm³/mol. The second-order valence-electron chi connectivity index (χ2n) is 5.31. The molecule has 3 heteroatoms. The van der Waals surface area contributed by atoms with E-state index in [9.17, 15) is 4.79 Å². The van der Waals surface area contributed by atoms with Crippen LogP contribution in [0.15, 0.2) is 72.9 Å². The van der Waals surface area contributed by atoms with Crippen LogP contribution in [0, 0.1) is 6.92 Å². The summed E-state index contributed by atoms with van der Waals surface area (Å²) >= 11 is 6.22. The molecule has 0 fully saturated rings. The summed E-state index contributed by atoms with van der Waals surface area (Å²) < 4.78 is 0. The quantitative estimate of drug-likeness (QED) is 0.500. The van der Waals surface area contributed by atoms with Crippen LogP contribution in [-0.4, -0.2) is 5.78 Å². The SMILES string of the molecule is Cc1cccc(N/C=C/C(=O)c2cccc3ccccc23)c1Cl. The lowest BCUT2D eigenvalue weighted by molar-refractivity contribution is 0.104. The summed E-state index contributed by atoms with van der Waals surface area (Å²) in [4.78, 5) is 12.4. The molecule has 0 amide bonds. The molecule has 0 aliphatic heterocycles. The van der Waals surface area contributed by atoms with Crippen molar-refractivity contribution in [2.45, 2.75) is 6.92 Å². The Balaban J connectivity index is 1.82. The van der Waals surface area contributed by atoms with Crippen LogP contribution in [0.2, 0.25) is 5.02 Å². The van der Waals surface area contributed by atoms with Gasteiger partial charge in [-0.2, -0.15) is 0 Å². The Bertz CT molecular complexity index is 894. The van der Waals surface area contributed by atoms with Crippen molar-refractivity contribution in [2.75, 3.05) is 5.32 Å². The summed E-state index contributed by atoms with van der Waals surface area (Å²) in [6, 6.07) is 19.3. The molecule has 0 aliphatic carbocycles. The molecule has 0 bridgehead atoms. The highest BCUT2D eigenvalue weighted by Crippen LogP contribution is 2.25. The van der Waals surface area contributed by atoms with Gasteiger partial charge in [0.05, 0.1) is 10.7 Å². The highest BCUT2D eigenvalue weighted by Gasteiger charge is 2.06.